The monoisotopic (exact) mass is 402 g/mol. The number of carbonyl (C=O) groups excluding carboxylic acids is 1. The zero-order chi connectivity index (χ0) is 20.6. The lowest BCUT2D eigenvalue weighted by atomic mass is 10.1. The molecule has 7 heteroatoms. The second-order valence-corrected chi connectivity index (χ2v) is 8.64. The SMILES string of the molecule is CN(Cc1ccc(CN=C(N)NCCc2cccs2)cc1)C(=O)OC(C)(C)C. The Morgan fingerprint density at radius 2 is 1.89 bits per heavy atom. The molecule has 152 valence electrons. The Labute approximate surface area is 171 Å². The number of ether oxygens (including phenoxy) is 1. The molecule has 0 aliphatic rings. The summed E-state index contributed by atoms with van der Waals surface area (Å²) in [4.78, 5) is 19.3. The molecular formula is C21H30N4O2S. The van der Waals surface area contributed by atoms with Crippen molar-refractivity contribution in [2.24, 2.45) is 10.7 Å². The number of hydrogen-bond acceptors (Lipinski definition) is 4. The van der Waals surface area contributed by atoms with Crippen molar-refractivity contribution in [1.82, 2.24) is 10.2 Å². The van der Waals surface area contributed by atoms with Gasteiger partial charge in [0, 0.05) is 25.0 Å². The van der Waals surface area contributed by atoms with Crippen molar-refractivity contribution in [2.75, 3.05) is 13.6 Å². The normalized spacial score (nSPS) is 11.9. The maximum atomic E-state index is 12.0. The Morgan fingerprint density at radius 1 is 1.21 bits per heavy atom. The number of hydrogen-bond donors (Lipinski definition) is 2. The van der Waals surface area contributed by atoms with Crippen LogP contribution in [0.2, 0.25) is 0 Å². The molecule has 2 aromatic rings. The second-order valence-electron chi connectivity index (χ2n) is 7.61. The van der Waals surface area contributed by atoms with Crippen LogP contribution < -0.4 is 11.1 Å². The molecule has 0 spiro atoms. The zero-order valence-corrected chi connectivity index (χ0v) is 17.9. The molecule has 0 aliphatic heterocycles. The average molecular weight is 403 g/mol. The van der Waals surface area contributed by atoms with Crippen LogP contribution in [0.25, 0.3) is 0 Å². The fraction of sp³-hybridized carbons (Fsp3) is 0.429. The maximum absolute atomic E-state index is 12.0. The van der Waals surface area contributed by atoms with E-state index in [-0.39, 0.29) is 6.09 Å². The molecule has 1 aromatic carbocycles. The molecule has 0 fully saturated rings. The highest BCUT2D eigenvalue weighted by Crippen LogP contribution is 2.12. The number of benzene rings is 1. The van der Waals surface area contributed by atoms with Crippen LogP contribution in [0.5, 0.6) is 0 Å². The van der Waals surface area contributed by atoms with Gasteiger partial charge in [0.1, 0.15) is 5.60 Å². The van der Waals surface area contributed by atoms with Gasteiger partial charge in [-0.15, -0.1) is 11.3 Å². The van der Waals surface area contributed by atoms with Gasteiger partial charge >= 0.3 is 6.09 Å². The van der Waals surface area contributed by atoms with E-state index in [2.05, 4.69) is 21.8 Å². The van der Waals surface area contributed by atoms with Crippen molar-refractivity contribution >= 4 is 23.4 Å². The summed E-state index contributed by atoms with van der Waals surface area (Å²) in [5.74, 6) is 0.449. The first-order chi connectivity index (χ1) is 13.2. The predicted octanol–water partition coefficient (Wildman–Crippen LogP) is 3.76. The van der Waals surface area contributed by atoms with Gasteiger partial charge in [-0.2, -0.15) is 0 Å². The van der Waals surface area contributed by atoms with Gasteiger partial charge in [0.05, 0.1) is 6.54 Å². The number of guanidine groups is 1. The van der Waals surface area contributed by atoms with Crippen LogP contribution in [0, 0.1) is 0 Å². The van der Waals surface area contributed by atoms with Gasteiger partial charge in [0.15, 0.2) is 5.96 Å². The predicted molar refractivity (Wildman–Crippen MR) is 115 cm³/mol. The summed E-state index contributed by atoms with van der Waals surface area (Å²) in [5, 5.41) is 5.21. The first kappa shape index (κ1) is 21.8. The zero-order valence-electron chi connectivity index (χ0n) is 17.1. The van der Waals surface area contributed by atoms with Crippen LogP contribution in [0.1, 0.15) is 36.8 Å². The van der Waals surface area contributed by atoms with E-state index in [4.69, 9.17) is 10.5 Å². The lowest BCUT2D eigenvalue weighted by Crippen LogP contribution is -2.33. The first-order valence-corrected chi connectivity index (χ1v) is 10.2. The average Bonchev–Trinajstić information content (AvgIpc) is 3.13. The summed E-state index contributed by atoms with van der Waals surface area (Å²) in [7, 11) is 1.73. The molecule has 0 aliphatic carbocycles. The summed E-state index contributed by atoms with van der Waals surface area (Å²) >= 11 is 1.74. The van der Waals surface area contributed by atoms with E-state index in [1.54, 1.807) is 23.3 Å². The number of nitrogens with one attached hydrogen (secondary N) is 1. The number of thiophene rings is 1. The third-order valence-electron chi connectivity index (χ3n) is 3.84. The number of nitrogens with zero attached hydrogens (tertiary/aromatic N) is 2. The van der Waals surface area contributed by atoms with E-state index < -0.39 is 5.60 Å². The van der Waals surface area contributed by atoms with Crippen LogP contribution in [0.15, 0.2) is 46.8 Å². The molecule has 3 N–H and O–H groups in total. The van der Waals surface area contributed by atoms with E-state index >= 15 is 0 Å². The quantitative estimate of drug-likeness (QED) is 0.546. The highest BCUT2D eigenvalue weighted by molar-refractivity contribution is 7.09. The summed E-state index contributed by atoms with van der Waals surface area (Å²) in [6, 6.07) is 12.1. The van der Waals surface area contributed by atoms with E-state index in [1.165, 1.54) is 4.88 Å². The third-order valence-corrected chi connectivity index (χ3v) is 4.77. The molecule has 0 unspecified atom stereocenters. The number of nitrogens with two attached hydrogens (primary N) is 1. The number of aliphatic imine (C=N–C) groups is 1. The van der Waals surface area contributed by atoms with Crippen molar-refractivity contribution in [3.63, 3.8) is 0 Å². The minimum Gasteiger partial charge on any atom is -0.444 e. The van der Waals surface area contributed by atoms with Crippen molar-refractivity contribution in [3.8, 4) is 0 Å². The van der Waals surface area contributed by atoms with Crippen LogP contribution in [0.3, 0.4) is 0 Å². The Balaban J connectivity index is 1.77. The van der Waals surface area contributed by atoms with Gasteiger partial charge in [-0.25, -0.2) is 9.79 Å². The fourth-order valence-electron chi connectivity index (χ4n) is 2.43. The largest absolute Gasteiger partial charge is 0.444 e. The lowest BCUT2D eigenvalue weighted by molar-refractivity contribution is 0.0285. The molecule has 1 aromatic heterocycles. The smallest absolute Gasteiger partial charge is 0.410 e. The number of carbonyl (C=O) groups is 1. The summed E-state index contributed by atoms with van der Waals surface area (Å²) in [6.45, 7) is 7.35. The van der Waals surface area contributed by atoms with Gasteiger partial charge in [-0.05, 0) is 49.8 Å². The molecule has 1 heterocycles. The highest BCUT2D eigenvalue weighted by Gasteiger charge is 2.19. The van der Waals surface area contributed by atoms with Gasteiger partial charge < -0.3 is 20.7 Å². The van der Waals surface area contributed by atoms with Crippen LogP contribution in [0.4, 0.5) is 4.79 Å². The van der Waals surface area contributed by atoms with Crippen molar-refractivity contribution in [2.45, 2.75) is 45.9 Å². The van der Waals surface area contributed by atoms with Gasteiger partial charge in [0.2, 0.25) is 0 Å². The topological polar surface area (TPSA) is 80.0 Å². The van der Waals surface area contributed by atoms with Crippen LogP contribution >= 0.6 is 11.3 Å². The van der Waals surface area contributed by atoms with E-state index in [0.717, 1.165) is 24.1 Å². The van der Waals surface area contributed by atoms with Gasteiger partial charge in [-0.1, -0.05) is 30.3 Å². The van der Waals surface area contributed by atoms with E-state index in [0.29, 0.717) is 19.0 Å². The Kier molecular flexibility index (Phi) is 7.87. The molecule has 28 heavy (non-hydrogen) atoms. The van der Waals surface area contributed by atoms with Crippen LogP contribution in [-0.4, -0.2) is 36.1 Å². The summed E-state index contributed by atoms with van der Waals surface area (Å²) in [6.07, 6.45) is 0.607. The summed E-state index contributed by atoms with van der Waals surface area (Å²) in [5.41, 5.74) is 7.52. The maximum Gasteiger partial charge on any atom is 0.410 e. The molecule has 0 saturated carbocycles. The second kappa shape index (κ2) is 10.1. The fourth-order valence-corrected chi connectivity index (χ4v) is 3.14. The lowest BCUT2D eigenvalue weighted by Gasteiger charge is -2.24. The Hall–Kier alpha value is -2.54. The van der Waals surface area contributed by atoms with Gasteiger partial charge in [0.25, 0.3) is 0 Å². The minimum atomic E-state index is -0.495. The molecule has 0 radical (unpaired) electrons. The number of amides is 1. The molecule has 0 bridgehead atoms. The van der Waals surface area contributed by atoms with Crippen molar-refractivity contribution in [3.05, 3.63) is 57.8 Å². The Bertz CT molecular complexity index is 765. The molecule has 1 amide bonds. The van der Waals surface area contributed by atoms with Crippen LogP contribution in [-0.2, 0) is 24.2 Å². The summed E-state index contributed by atoms with van der Waals surface area (Å²) < 4.78 is 5.37. The van der Waals surface area contributed by atoms with E-state index in [9.17, 15) is 4.79 Å². The standard InChI is InChI=1S/C21H30N4O2S/c1-21(2,3)27-20(26)25(4)15-17-9-7-16(8-10-17)14-24-19(22)23-12-11-18-6-5-13-28-18/h5-10,13H,11-12,14-15H2,1-4H3,(H3,22,23,24). The van der Waals surface area contributed by atoms with Gasteiger partial charge in [-0.3, -0.25) is 0 Å². The number of rotatable bonds is 7. The molecular weight excluding hydrogens is 372 g/mol. The molecule has 2 rings (SSSR count). The van der Waals surface area contributed by atoms with Crippen molar-refractivity contribution < 1.29 is 9.53 Å². The van der Waals surface area contributed by atoms with E-state index in [1.807, 2.05) is 51.1 Å². The minimum absolute atomic E-state index is 0.331. The highest BCUT2D eigenvalue weighted by atomic mass is 32.1. The Morgan fingerprint density at radius 3 is 2.50 bits per heavy atom. The molecule has 6 nitrogen and oxygen atoms in total. The molecule has 0 atom stereocenters. The van der Waals surface area contributed by atoms with Crippen molar-refractivity contribution in [1.29, 1.82) is 0 Å². The third kappa shape index (κ3) is 8.00. The first-order valence-electron chi connectivity index (χ1n) is 9.31. The molecule has 0 saturated heterocycles.